The molecule has 200 valence electrons. The number of allylic oxidation sites excluding steroid dienone is 2. The first-order chi connectivity index (χ1) is 17.9. The Bertz CT molecular complexity index is 1120. The van der Waals surface area contributed by atoms with Gasteiger partial charge < -0.3 is 14.4 Å². The number of likely N-dealkylation sites (N-methyl/N-ethyl adjacent to an activating group) is 1. The van der Waals surface area contributed by atoms with E-state index in [0.29, 0.717) is 6.04 Å². The van der Waals surface area contributed by atoms with Crippen LogP contribution in [0.3, 0.4) is 0 Å². The zero-order chi connectivity index (χ0) is 26.4. The molecule has 2 heterocycles. The van der Waals surface area contributed by atoms with Gasteiger partial charge in [-0.2, -0.15) is 0 Å². The lowest BCUT2D eigenvalue weighted by molar-refractivity contribution is 0.0994. The molecule has 1 atom stereocenters. The van der Waals surface area contributed by atoms with Gasteiger partial charge in [0.2, 0.25) is 0 Å². The minimum Gasteiger partial charge on any atom is -0.359 e. The highest BCUT2D eigenvalue weighted by Gasteiger charge is 2.40. The highest BCUT2D eigenvalue weighted by atomic mass is 35.5. The van der Waals surface area contributed by atoms with Crippen molar-refractivity contribution < 1.29 is 4.79 Å². The Morgan fingerprint density at radius 1 is 1.22 bits per heavy atom. The summed E-state index contributed by atoms with van der Waals surface area (Å²) in [6, 6.07) is 8.48. The molecular weight excluding hydrogens is 480 g/mol. The van der Waals surface area contributed by atoms with E-state index in [0.717, 1.165) is 61.5 Å². The maximum absolute atomic E-state index is 12.0. The largest absolute Gasteiger partial charge is 0.359 e. The van der Waals surface area contributed by atoms with Gasteiger partial charge in [-0.25, -0.2) is 4.98 Å². The molecule has 0 spiro atoms. The van der Waals surface area contributed by atoms with E-state index in [-0.39, 0.29) is 5.78 Å². The second-order valence-corrected chi connectivity index (χ2v) is 11.1. The molecule has 2 fully saturated rings. The van der Waals surface area contributed by atoms with E-state index in [2.05, 4.69) is 58.5 Å². The number of carbonyl (C=O) groups excluding carboxylic acids is 1. The van der Waals surface area contributed by atoms with E-state index in [1.807, 2.05) is 18.2 Å². The second kappa shape index (κ2) is 12.9. The van der Waals surface area contributed by atoms with Crippen molar-refractivity contribution in [2.45, 2.75) is 84.8 Å². The molecule has 0 saturated heterocycles. The number of benzene rings is 1. The fourth-order valence-corrected chi connectivity index (χ4v) is 5.43. The van der Waals surface area contributed by atoms with Gasteiger partial charge in [-0.15, -0.1) is 0 Å². The van der Waals surface area contributed by atoms with Crippen LogP contribution in [-0.4, -0.2) is 51.3 Å². The maximum Gasteiger partial charge on any atom is 0.177 e. The minimum absolute atomic E-state index is 0.122. The minimum atomic E-state index is 0.122. The van der Waals surface area contributed by atoms with Gasteiger partial charge in [-0.1, -0.05) is 56.1 Å². The molecule has 2 aliphatic carbocycles. The summed E-state index contributed by atoms with van der Waals surface area (Å²) < 4.78 is 2.18. The van der Waals surface area contributed by atoms with Crippen molar-refractivity contribution in [3.8, 4) is 0 Å². The fourth-order valence-electron chi connectivity index (χ4n) is 5.20. The first kappa shape index (κ1) is 27.7. The summed E-state index contributed by atoms with van der Waals surface area (Å²) in [4.78, 5) is 21.5. The lowest BCUT2D eigenvalue weighted by Crippen LogP contribution is -2.44. The molecular formula is C31H43ClN4O. The number of rotatable bonds is 9. The van der Waals surface area contributed by atoms with Crippen LogP contribution in [0.25, 0.3) is 0 Å². The summed E-state index contributed by atoms with van der Waals surface area (Å²) in [5, 5.41) is 0.893. The van der Waals surface area contributed by atoms with Gasteiger partial charge in [0.1, 0.15) is 11.5 Å². The van der Waals surface area contributed by atoms with Crippen LogP contribution in [0.4, 0.5) is 0 Å². The zero-order valence-electron chi connectivity index (χ0n) is 23.0. The number of imidazole rings is 1. The summed E-state index contributed by atoms with van der Waals surface area (Å²) in [5.41, 5.74) is 5.06. The molecule has 2 aromatic rings. The fraction of sp³-hybridized carbons (Fsp3) is 0.548. The molecule has 6 heteroatoms. The highest BCUT2D eigenvalue weighted by molar-refractivity contribution is 6.31. The van der Waals surface area contributed by atoms with Crippen LogP contribution in [-0.2, 0) is 19.5 Å². The Morgan fingerprint density at radius 2 is 1.97 bits per heavy atom. The molecule has 0 radical (unpaired) electrons. The molecule has 0 bridgehead atoms. The molecule has 2 saturated carbocycles. The zero-order valence-corrected chi connectivity index (χ0v) is 23.8. The number of nitrogens with zero attached hydrogens (tertiary/aromatic N) is 4. The smallest absolute Gasteiger partial charge is 0.177 e. The van der Waals surface area contributed by atoms with Crippen LogP contribution in [0.15, 0.2) is 53.9 Å². The molecule has 0 amide bonds. The predicted octanol–water partition coefficient (Wildman–Crippen LogP) is 6.92. The summed E-state index contributed by atoms with van der Waals surface area (Å²) >= 11 is 5.90. The molecule has 37 heavy (non-hydrogen) atoms. The Morgan fingerprint density at radius 3 is 2.57 bits per heavy atom. The van der Waals surface area contributed by atoms with Gasteiger partial charge in [0, 0.05) is 30.7 Å². The van der Waals surface area contributed by atoms with Crippen LogP contribution >= 0.6 is 11.6 Å². The van der Waals surface area contributed by atoms with E-state index in [1.54, 1.807) is 18.7 Å². The van der Waals surface area contributed by atoms with E-state index in [9.17, 15) is 4.79 Å². The first-order valence-electron chi connectivity index (χ1n) is 14.0. The molecule has 1 aromatic heterocycles. The Balaban J connectivity index is 0.000000270. The average molecular weight is 523 g/mol. The first-order valence-corrected chi connectivity index (χ1v) is 14.4. The van der Waals surface area contributed by atoms with Crippen molar-refractivity contribution in [1.82, 2.24) is 19.4 Å². The summed E-state index contributed by atoms with van der Waals surface area (Å²) in [6.07, 6.45) is 15.1. The molecule has 3 aliphatic rings. The average Bonchev–Trinajstić information content (AvgIpc) is 3.62. The van der Waals surface area contributed by atoms with Gasteiger partial charge >= 0.3 is 0 Å². The normalized spacial score (nSPS) is 18.9. The molecule has 5 nitrogen and oxygen atoms in total. The molecule has 1 aromatic carbocycles. The number of aromatic nitrogens is 2. The lowest BCUT2D eigenvalue weighted by Gasteiger charge is -2.41. The molecule has 1 aliphatic heterocycles. The molecule has 1 unspecified atom stereocenters. The number of hydrogen-bond donors (Lipinski definition) is 0. The van der Waals surface area contributed by atoms with Gasteiger partial charge in [-0.3, -0.25) is 4.79 Å². The molecule has 0 N–H and O–H groups in total. The number of halogens is 1. The SMILES string of the molecule is CCCc1ccccc1Cl.CCN(C)C/C=C/C(=C1CCC1)N1Cc2ncc(C(C)=O)n2CC1C1CC1. The number of ketones is 1. The number of fused-ring (bicyclic) bond motifs is 1. The van der Waals surface area contributed by atoms with E-state index >= 15 is 0 Å². The number of Topliss-reactive ketones (excluding diaryl/α,β-unsaturated/α-hetero) is 1. The van der Waals surface area contributed by atoms with Crippen molar-refractivity contribution in [2.24, 2.45) is 5.92 Å². The van der Waals surface area contributed by atoms with Crippen LogP contribution in [0.2, 0.25) is 5.02 Å². The van der Waals surface area contributed by atoms with Crippen LogP contribution in [0.1, 0.15) is 81.2 Å². The molecule has 5 rings (SSSR count). The number of hydrogen-bond acceptors (Lipinski definition) is 4. The van der Waals surface area contributed by atoms with Crippen molar-refractivity contribution in [3.05, 3.63) is 76.0 Å². The maximum atomic E-state index is 12.0. The van der Waals surface area contributed by atoms with Gasteiger partial charge in [0.15, 0.2) is 5.78 Å². The lowest BCUT2D eigenvalue weighted by atomic mass is 9.89. The summed E-state index contributed by atoms with van der Waals surface area (Å²) in [7, 11) is 2.16. The van der Waals surface area contributed by atoms with E-state index in [1.165, 1.54) is 43.4 Å². The third-order valence-corrected chi connectivity index (χ3v) is 8.25. The topological polar surface area (TPSA) is 41.4 Å². The third kappa shape index (κ3) is 6.94. The van der Waals surface area contributed by atoms with Crippen LogP contribution < -0.4 is 0 Å². The van der Waals surface area contributed by atoms with Gasteiger partial charge in [-0.05, 0) is 81.3 Å². The monoisotopic (exact) mass is 522 g/mol. The van der Waals surface area contributed by atoms with Crippen molar-refractivity contribution in [1.29, 1.82) is 0 Å². The summed E-state index contributed by atoms with van der Waals surface area (Å²) in [6.45, 7) is 9.77. The van der Waals surface area contributed by atoms with Crippen molar-refractivity contribution >= 4 is 17.4 Å². The highest BCUT2D eigenvalue weighted by Crippen LogP contribution is 2.42. The van der Waals surface area contributed by atoms with Gasteiger partial charge in [0.05, 0.1) is 18.8 Å². The van der Waals surface area contributed by atoms with Crippen LogP contribution in [0.5, 0.6) is 0 Å². The van der Waals surface area contributed by atoms with Crippen molar-refractivity contribution in [2.75, 3.05) is 20.1 Å². The standard InChI is InChI=1S/C22H32N4O.C9H11Cl/c1-4-24(3)12-6-9-19(17-7-5-8-17)25-15-22-23-13-20(16(2)27)26(22)14-21(25)18-10-11-18;1-2-5-8-6-3-4-7-9(8)10/h6,9,13,18,21H,4-5,7-8,10-12,14-15H2,1-3H3;3-4,6-7H,2,5H2,1H3/b9-6+;. The van der Waals surface area contributed by atoms with E-state index in [4.69, 9.17) is 11.6 Å². The quantitative estimate of drug-likeness (QED) is 0.335. The summed E-state index contributed by atoms with van der Waals surface area (Å²) in [5.74, 6) is 1.91. The van der Waals surface area contributed by atoms with Gasteiger partial charge in [0.25, 0.3) is 0 Å². The second-order valence-electron chi connectivity index (χ2n) is 10.7. The van der Waals surface area contributed by atoms with Crippen molar-refractivity contribution in [3.63, 3.8) is 0 Å². The number of carbonyl (C=O) groups is 1. The third-order valence-electron chi connectivity index (χ3n) is 7.89. The Labute approximate surface area is 228 Å². The Kier molecular flexibility index (Phi) is 9.66. The predicted molar refractivity (Wildman–Crippen MR) is 153 cm³/mol. The number of aryl methyl sites for hydroxylation is 1. The van der Waals surface area contributed by atoms with Crippen LogP contribution in [0, 0.1) is 5.92 Å². The Hall–Kier alpha value is -2.37. The van der Waals surface area contributed by atoms with E-state index < -0.39 is 0 Å².